The number of carbonyl (C=O) groups is 2. The van der Waals surface area contributed by atoms with Gasteiger partial charge in [-0.3, -0.25) is 9.59 Å². The quantitative estimate of drug-likeness (QED) is 0.432. The van der Waals surface area contributed by atoms with Crippen LogP contribution in [0.15, 0.2) is 46.3 Å². The molecule has 0 bridgehead atoms. The summed E-state index contributed by atoms with van der Waals surface area (Å²) in [6, 6.07) is 10.4. The van der Waals surface area contributed by atoms with E-state index < -0.39 is 12.1 Å². The maximum Gasteiger partial charge on any atom is 0.307 e. The van der Waals surface area contributed by atoms with Crippen LogP contribution in [0.5, 0.6) is 5.75 Å². The van der Waals surface area contributed by atoms with E-state index in [4.69, 9.17) is 14.0 Å². The largest absolute Gasteiger partial charge is 0.497 e. The molecule has 0 radical (unpaired) electrons. The summed E-state index contributed by atoms with van der Waals surface area (Å²) in [7, 11) is 1.55. The van der Waals surface area contributed by atoms with Gasteiger partial charge < -0.3 is 14.0 Å². The second-order valence-corrected chi connectivity index (χ2v) is 6.66. The molecule has 7 nitrogen and oxygen atoms in total. The number of methoxy groups -OCH3 is 1. The fourth-order valence-corrected chi connectivity index (χ4v) is 3.02. The minimum absolute atomic E-state index is 0.0479. The van der Waals surface area contributed by atoms with Crippen LogP contribution in [0.2, 0.25) is 0 Å². The highest BCUT2D eigenvalue weighted by molar-refractivity contribution is 7.13. The average molecular weight is 386 g/mol. The van der Waals surface area contributed by atoms with Crippen molar-refractivity contribution in [2.45, 2.75) is 25.9 Å². The normalized spacial score (nSPS) is 11.8. The van der Waals surface area contributed by atoms with E-state index in [9.17, 15) is 9.59 Å². The zero-order chi connectivity index (χ0) is 19.2. The number of rotatable bonds is 8. The summed E-state index contributed by atoms with van der Waals surface area (Å²) < 4.78 is 15.4. The molecule has 140 valence electrons. The number of hydrogen-bond donors (Lipinski definition) is 0. The fraction of sp³-hybridized carbons (Fsp3) is 0.263. The number of esters is 1. The van der Waals surface area contributed by atoms with Crippen molar-refractivity contribution in [3.63, 3.8) is 0 Å². The Kier molecular flexibility index (Phi) is 5.97. The van der Waals surface area contributed by atoms with Gasteiger partial charge in [-0.15, -0.1) is 11.3 Å². The number of nitrogens with zero attached hydrogens (tertiary/aromatic N) is 2. The van der Waals surface area contributed by atoms with E-state index in [0.29, 0.717) is 23.0 Å². The zero-order valence-electron chi connectivity index (χ0n) is 14.9. The first kappa shape index (κ1) is 18.8. The van der Waals surface area contributed by atoms with Crippen LogP contribution in [0.4, 0.5) is 0 Å². The van der Waals surface area contributed by atoms with Crippen LogP contribution in [0, 0.1) is 0 Å². The van der Waals surface area contributed by atoms with Crippen LogP contribution < -0.4 is 4.74 Å². The molecule has 1 aromatic carbocycles. The molecule has 0 amide bonds. The van der Waals surface area contributed by atoms with Gasteiger partial charge in [0.25, 0.3) is 0 Å². The van der Waals surface area contributed by atoms with E-state index in [1.807, 2.05) is 17.5 Å². The van der Waals surface area contributed by atoms with Crippen LogP contribution in [-0.4, -0.2) is 35.1 Å². The Morgan fingerprint density at radius 3 is 2.67 bits per heavy atom. The number of carbonyl (C=O) groups excluding carboxylic acids is 2. The van der Waals surface area contributed by atoms with E-state index in [-0.39, 0.29) is 18.6 Å². The van der Waals surface area contributed by atoms with Crippen molar-refractivity contribution in [1.29, 1.82) is 0 Å². The van der Waals surface area contributed by atoms with Crippen LogP contribution in [0.3, 0.4) is 0 Å². The molecule has 0 N–H and O–H groups in total. The Balaban J connectivity index is 1.50. The van der Waals surface area contributed by atoms with Crippen molar-refractivity contribution in [1.82, 2.24) is 10.1 Å². The highest BCUT2D eigenvalue weighted by Gasteiger charge is 2.20. The molecule has 0 saturated carbocycles. The molecular weight excluding hydrogens is 368 g/mol. The van der Waals surface area contributed by atoms with Crippen LogP contribution in [-0.2, 0) is 16.0 Å². The minimum atomic E-state index is -0.879. The van der Waals surface area contributed by atoms with E-state index in [0.717, 1.165) is 4.88 Å². The van der Waals surface area contributed by atoms with Crippen molar-refractivity contribution in [3.8, 4) is 16.5 Å². The third-order valence-electron chi connectivity index (χ3n) is 3.80. The van der Waals surface area contributed by atoms with Crippen molar-refractivity contribution in [3.05, 3.63) is 53.2 Å². The van der Waals surface area contributed by atoms with Gasteiger partial charge in [-0.05, 0) is 42.6 Å². The maximum atomic E-state index is 12.3. The van der Waals surface area contributed by atoms with Gasteiger partial charge in [-0.25, -0.2) is 0 Å². The van der Waals surface area contributed by atoms with Crippen molar-refractivity contribution in [2.75, 3.05) is 7.11 Å². The van der Waals surface area contributed by atoms with Gasteiger partial charge >= 0.3 is 5.97 Å². The van der Waals surface area contributed by atoms with Gasteiger partial charge in [0.2, 0.25) is 17.5 Å². The SMILES string of the molecule is COc1ccc(C(=O)[C@@H](C)OC(=O)CCc2nc(-c3cccs3)no2)cc1. The summed E-state index contributed by atoms with van der Waals surface area (Å²) in [5, 5.41) is 5.81. The van der Waals surface area contributed by atoms with Crippen molar-refractivity contribution >= 4 is 23.1 Å². The predicted molar refractivity (Wildman–Crippen MR) is 98.8 cm³/mol. The Morgan fingerprint density at radius 2 is 2.00 bits per heavy atom. The summed E-state index contributed by atoms with van der Waals surface area (Å²) >= 11 is 1.50. The Bertz CT molecular complexity index is 903. The Hall–Kier alpha value is -3.00. The molecule has 0 unspecified atom stereocenters. The number of hydrogen-bond acceptors (Lipinski definition) is 8. The monoisotopic (exact) mass is 386 g/mol. The number of Topliss-reactive ketones (excluding diaryl/α,β-unsaturated/α-hetero) is 1. The number of ketones is 1. The lowest BCUT2D eigenvalue weighted by atomic mass is 10.1. The van der Waals surface area contributed by atoms with E-state index >= 15 is 0 Å². The van der Waals surface area contributed by atoms with Crippen LogP contribution in [0.25, 0.3) is 10.7 Å². The first-order valence-corrected chi connectivity index (χ1v) is 9.19. The topological polar surface area (TPSA) is 91.5 Å². The Labute approximate surface area is 159 Å². The van der Waals surface area contributed by atoms with Gasteiger partial charge in [-0.1, -0.05) is 11.2 Å². The van der Waals surface area contributed by atoms with E-state index in [1.54, 1.807) is 38.3 Å². The molecule has 0 aliphatic carbocycles. The molecule has 8 heteroatoms. The lowest BCUT2D eigenvalue weighted by molar-refractivity contribution is -0.146. The number of aromatic nitrogens is 2. The van der Waals surface area contributed by atoms with E-state index in [2.05, 4.69) is 10.1 Å². The smallest absolute Gasteiger partial charge is 0.307 e. The average Bonchev–Trinajstić information content (AvgIpc) is 3.37. The number of benzene rings is 1. The molecule has 27 heavy (non-hydrogen) atoms. The van der Waals surface area contributed by atoms with Crippen LogP contribution in [0.1, 0.15) is 29.6 Å². The highest BCUT2D eigenvalue weighted by Crippen LogP contribution is 2.21. The molecule has 0 saturated heterocycles. The molecule has 3 rings (SSSR count). The molecule has 2 aromatic heterocycles. The Morgan fingerprint density at radius 1 is 1.22 bits per heavy atom. The van der Waals surface area contributed by atoms with Gasteiger partial charge in [0.05, 0.1) is 18.4 Å². The zero-order valence-corrected chi connectivity index (χ0v) is 15.7. The van der Waals surface area contributed by atoms with Gasteiger partial charge in [0, 0.05) is 12.0 Å². The number of aryl methyl sites for hydroxylation is 1. The van der Waals surface area contributed by atoms with Crippen LogP contribution >= 0.6 is 11.3 Å². The third-order valence-corrected chi connectivity index (χ3v) is 4.67. The standard InChI is InChI=1S/C19H18N2O5S/c1-12(18(23)13-5-7-14(24-2)8-6-13)25-17(22)10-9-16-20-19(21-26-16)15-4-3-11-27-15/h3-8,11-12H,9-10H2,1-2H3/t12-/m1/s1. The number of thiophene rings is 1. The highest BCUT2D eigenvalue weighted by atomic mass is 32.1. The lowest BCUT2D eigenvalue weighted by Crippen LogP contribution is -2.24. The molecular formula is C19H18N2O5S. The molecule has 0 aliphatic rings. The predicted octanol–water partition coefficient (Wildman–Crippen LogP) is 3.55. The van der Waals surface area contributed by atoms with Crippen molar-refractivity contribution < 1.29 is 23.6 Å². The van der Waals surface area contributed by atoms with Gasteiger partial charge in [0.15, 0.2) is 6.10 Å². The van der Waals surface area contributed by atoms with Gasteiger partial charge in [-0.2, -0.15) is 4.98 Å². The van der Waals surface area contributed by atoms with Crippen molar-refractivity contribution in [2.24, 2.45) is 0 Å². The first-order valence-electron chi connectivity index (χ1n) is 8.31. The molecule has 1 atom stereocenters. The molecule has 3 aromatic rings. The molecule has 0 spiro atoms. The maximum absolute atomic E-state index is 12.3. The fourth-order valence-electron chi connectivity index (χ4n) is 2.37. The molecule has 2 heterocycles. The second kappa shape index (κ2) is 8.59. The number of ether oxygens (including phenoxy) is 2. The minimum Gasteiger partial charge on any atom is -0.497 e. The summed E-state index contributed by atoms with van der Waals surface area (Å²) in [5.41, 5.74) is 0.452. The summed E-state index contributed by atoms with van der Waals surface area (Å²) in [6.45, 7) is 1.55. The second-order valence-electron chi connectivity index (χ2n) is 5.71. The summed E-state index contributed by atoms with van der Waals surface area (Å²) in [6.07, 6.45) is -0.581. The first-order chi connectivity index (χ1) is 13.1. The molecule has 0 fully saturated rings. The summed E-state index contributed by atoms with van der Waals surface area (Å²) in [5.74, 6) is 0.725. The molecule has 0 aliphatic heterocycles. The van der Waals surface area contributed by atoms with Gasteiger partial charge in [0.1, 0.15) is 5.75 Å². The summed E-state index contributed by atoms with van der Waals surface area (Å²) in [4.78, 5) is 29.5. The lowest BCUT2D eigenvalue weighted by Gasteiger charge is -2.12. The van der Waals surface area contributed by atoms with E-state index in [1.165, 1.54) is 11.3 Å². The third kappa shape index (κ3) is 4.79.